The molecule has 2 rings (SSSR count). The summed E-state index contributed by atoms with van der Waals surface area (Å²) in [6.45, 7) is 3.57. The molecule has 0 saturated heterocycles. The maximum Gasteiger partial charge on any atom is 0.159 e. The molecule has 0 heterocycles. The lowest BCUT2D eigenvalue weighted by Gasteiger charge is -2.10. The van der Waals surface area contributed by atoms with Crippen molar-refractivity contribution in [2.45, 2.75) is 13.8 Å². The quantitative estimate of drug-likeness (QED) is 0.637. The molecule has 0 saturated carbocycles. The van der Waals surface area contributed by atoms with Crippen LogP contribution in [0, 0.1) is 6.92 Å². The smallest absolute Gasteiger partial charge is 0.159 e. The molecule has 0 bridgehead atoms. The van der Waals surface area contributed by atoms with Gasteiger partial charge in [0.05, 0.1) is 11.4 Å². The van der Waals surface area contributed by atoms with Crippen molar-refractivity contribution in [2.24, 2.45) is 0 Å². The molecule has 2 aromatic carbocycles. The van der Waals surface area contributed by atoms with E-state index in [2.05, 4.69) is 5.32 Å². The Kier molecular flexibility index (Phi) is 3.33. The van der Waals surface area contributed by atoms with Gasteiger partial charge in [0.2, 0.25) is 0 Å². The Balaban J connectivity index is 2.24. The number of hydrogen-bond donors (Lipinski definition) is 2. The van der Waals surface area contributed by atoms with Crippen LogP contribution in [0.1, 0.15) is 22.8 Å². The summed E-state index contributed by atoms with van der Waals surface area (Å²) in [4.78, 5) is 11.2. The van der Waals surface area contributed by atoms with Gasteiger partial charge in [-0.1, -0.05) is 17.7 Å². The second-order valence-corrected chi connectivity index (χ2v) is 4.35. The summed E-state index contributed by atoms with van der Waals surface area (Å²) in [5.74, 6) is 0.0172. The summed E-state index contributed by atoms with van der Waals surface area (Å²) in [7, 11) is 0. The minimum Gasteiger partial charge on any atom is -0.397 e. The van der Waals surface area contributed by atoms with Gasteiger partial charge in [0, 0.05) is 11.3 Å². The van der Waals surface area contributed by atoms with E-state index < -0.39 is 0 Å². The van der Waals surface area contributed by atoms with Gasteiger partial charge in [0.15, 0.2) is 5.78 Å². The fourth-order valence-corrected chi connectivity index (χ4v) is 1.69. The molecule has 0 radical (unpaired) electrons. The Morgan fingerprint density at radius 2 is 1.78 bits per heavy atom. The van der Waals surface area contributed by atoms with Crippen molar-refractivity contribution < 1.29 is 4.79 Å². The van der Waals surface area contributed by atoms with E-state index in [1.807, 2.05) is 37.3 Å². The molecule has 0 spiro atoms. The standard InChI is InChI=1S/C15H16N2O/c1-10-3-6-13(7-4-10)17-15-8-5-12(11(2)18)9-14(15)16/h3-9,17H,16H2,1-2H3. The molecular formula is C15H16N2O. The predicted octanol–water partition coefficient (Wildman–Crippen LogP) is 3.52. The third-order valence-corrected chi connectivity index (χ3v) is 2.79. The number of ketones is 1. The maximum absolute atomic E-state index is 11.2. The van der Waals surface area contributed by atoms with Gasteiger partial charge < -0.3 is 11.1 Å². The third-order valence-electron chi connectivity index (χ3n) is 2.79. The first kappa shape index (κ1) is 12.2. The van der Waals surface area contributed by atoms with Crippen molar-refractivity contribution in [3.8, 4) is 0 Å². The van der Waals surface area contributed by atoms with Gasteiger partial charge in [-0.3, -0.25) is 4.79 Å². The highest BCUT2D eigenvalue weighted by molar-refractivity contribution is 5.96. The van der Waals surface area contributed by atoms with Gasteiger partial charge in [-0.15, -0.1) is 0 Å². The normalized spacial score (nSPS) is 10.1. The molecule has 0 fully saturated rings. The molecule has 2 aromatic rings. The van der Waals surface area contributed by atoms with E-state index >= 15 is 0 Å². The average Bonchev–Trinajstić information content (AvgIpc) is 2.34. The Hall–Kier alpha value is -2.29. The van der Waals surface area contributed by atoms with Crippen molar-refractivity contribution in [1.29, 1.82) is 0 Å². The van der Waals surface area contributed by atoms with Gasteiger partial charge >= 0.3 is 0 Å². The number of anilines is 3. The number of nitrogens with two attached hydrogens (primary N) is 1. The highest BCUT2D eigenvalue weighted by Crippen LogP contribution is 2.24. The summed E-state index contributed by atoms with van der Waals surface area (Å²) in [5, 5.41) is 3.23. The van der Waals surface area contributed by atoms with Crippen LogP contribution in [0.2, 0.25) is 0 Å². The third kappa shape index (κ3) is 2.69. The zero-order valence-electron chi connectivity index (χ0n) is 10.5. The summed E-state index contributed by atoms with van der Waals surface area (Å²) in [6, 6.07) is 13.3. The first-order valence-electron chi connectivity index (χ1n) is 5.80. The topological polar surface area (TPSA) is 55.1 Å². The number of benzene rings is 2. The lowest BCUT2D eigenvalue weighted by Crippen LogP contribution is -1.99. The summed E-state index contributed by atoms with van der Waals surface area (Å²) in [6.07, 6.45) is 0. The van der Waals surface area contributed by atoms with Crippen LogP contribution in [0.5, 0.6) is 0 Å². The van der Waals surface area contributed by atoms with E-state index in [1.165, 1.54) is 12.5 Å². The fraction of sp³-hybridized carbons (Fsp3) is 0.133. The summed E-state index contributed by atoms with van der Waals surface area (Å²) < 4.78 is 0. The van der Waals surface area contributed by atoms with Gasteiger partial charge in [0.1, 0.15) is 0 Å². The van der Waals surface area contributed by atoms with Crippen molar-refractivity contribution in [3.63, 3.8) is 0 Å². The minimum atomic E-state index is 0.0172. The van der Waals surface area contributed by atoms with Gasteiger partial charge in [-0.25, -0.2) is 0 Å². The van der Waals surface area contributed by atoms with Crippen molar-refractivity contribution in [1.82, 2.24) is 0 Å². The number of nitrogens with one attached hydrogen (secondary N) is 1. The monoisotopic (exact) mass is 240 g/mol. The predicted molar refractivity (Wildman–Crippen MR) is 75.3 cm³/mol. The lowest BCUT2D eigenvalue weighted by atomic mass is 10.1. The number of carbonyl (C=O) groups excluding carboxylic acids is 1. The van der Waals surface area contributed by atoms with Crippen LogP contribution in [0.25, 0.3) is 0 Å². The van der Waals surface area contributed by atoms with Crippen LogP contribution in [0.4, 0.5) is 17.1 Å². The van der Waals surface area contributed by atoms with Crippen LogP contribution < -0.4 is 11.1 Å². The molecule has 0 amide bonds. The largest absolute Gasteiger partial charge is 0.397 e. The highest BCUT2D eigenvalue weighted by Gasteiger charge is 2.04. The Labute approximate surface area is 107 Å². The molecule has 0 aliphatic carbocycles. The molecular weight excluding hydrogens is 224 g/mol. The van der Waals surface area contributed by atoms with Crippen LogP contribution in [0.15, 0.2) is 42.5 Å². The van der Waals surface area contributed by atoms with Crippen LogP contribution in [-0.2, 0) is 0 Å². The number of carbonyl (C=O) groups is 1. The molecule has 3 N–H and O–H groups in total. The number of hydrogen-bond acceptors (Lipinski definition) is 3. The Bertz CT molecular complexity index is 574. The van der Waals surface area contributed by atoms with Crippen molar-refractivity contribution in [2.75, 3.05) is 11.1 Å². The zero-order valence-corrected chi connectivity index (χ0v) is 10.5. The molecule has 0 atom stereocenters. The summed E-state index contributed by atoms with van der Waals surface area (Å²) in [5.41, 5.74) is 10.1. The summed E-state index contributed by atoms with van der Waals surface area (Å²) >= 11 is 0. The minimum absolute atomic E-state index is 0.0172. The van der Waals surface area contributed by atoms with E-state index in [4.69, 9.17) is 5.73 Å². The van der Waals surface area contributed by atoms with E-state index in [9.17, 15) is 4.79 Å². The molecule has 0 unspecified atom stereocenters. The molecule has 18 heavy (non-hydrogen) atoms. The molecule has 0 aliphatic rings. The number of nitrogen functional groups attached to an aromatic ring is 1. The van der Waals surface area contributed by atoms with E-state index in [-0.39, 0.29) is 5.78 Å². The first-order valence-corrected chi connectivity index (χ1v) is 5.80. The van der Waals surface area contributed by atoms with Crippen LogP contribution in [-0.4, -0.2) is 5.78 Å². The molecule has 92 valence electrons. The Morgan fingerprint density at radius 3 is 2.33 bits per heavy atom. The van der Waals surface area contributed by atoms with E-state index in [0.717, 1.165) is 11.4 Å². The van der Waals surface area contributed by atoms with Gasteiger partial charge in [-0.2, -0.15) is 0 Å². The van der Waals surface area contributed by atoms with Crippen LogP contribution >= 0.6 is 0 Å². The van der Waals surface area contributed by atoms with Gasteiger partial charge in [0.25, 0.3) is 0 Å². The SMILES string of the molecule is CC(=O)c1ccc(Nc2ccc(C)cc2)c(N)c1. The second kappa shape index (κ2) is 4.92. The molecule has 0 aromatic heterocycles. The Morgan fingerprint density at radius 1 is 1.11 bits per heavy atom. The molecule has 0 aliphatic heterocycles. The second-order valence-electron chi connectivity index (χ2n) is 4.35. The van der Waals surface area contributed by atoms with E-state index in [0.29, 0.717) is 11.3 Å². The highest BCUT2D eigenvalue weighted by atomic mass is 16.1. The van der Waals surface area contributed by atoms with Crippen molar-refractivity contribution >= 4 is 22.8 Å². The van der Waals surface area contributed by atoms with Crippen molar-refractivity contribution in [3.05, 3.63) is 53.6 Å². The van der Waals surface area contributed by atoms with E-state index in [1.54, 1.807) is 12.1 Å². The fourth-order valence-electron chi connectivity index (χ4n) is 1.69. The maximum atomic E-state index is 11.2. The number of aryl methyl sites for hydroxylation is 1. The zero-order chi connectivity index (χ0) is 13.1. The lowest BCUT2D eigenvalue weighted by molar-refractivity contribution is 0.101. The van der Waals surface area contributed by atoms with Crippen LogP contribution in [0.3, 0.4) is 0 Å². The molecule has 3 heteroatoms. The molecule has 3 nitrogen and oxygen atoms in total. The number of Topliss-reactive ketones (excluding diaryl/α,β-unsaturated/α-hetero) is 1. The number of rotatable bonds is 3. The first-order chi connectivity index (χ1) is 8.56. The average molecular weight is 240 g/mol. The van der Waals surface area contributed by atoms with Gasteiger partial charge in [-0.05, 0) is 44.2 Å².